The van der Waals surface area contributed by atoms with Crippen LogP contribution in [-0.2, 0) is 4.79 Å². The lowest BCUT2D eigenvalue weighted by molar-refractivity contribution is -0.145. The predicted octanol–water partition coefficient (Wildman–Crippen LogP) is 2.87. The van der Waals surface area contributed by atoms with Gasteiger partial charge in [0.2, 0.25) is 0 Å². The Bertz CT molecular complexity index is 332. The van der Waals surface area contributed by atoms with Crippen LogP contribution in [0.4, 0.5) is 0 Å². The molecule has 0 aromatic rings. The molecule has 0 aromatic heterocycles. The summed E-state index contributed by atoms with van der Waals surface area (Å²) < 4.78 is 0. The van der Waals surface area contributed by atoms with Crippen molar-refractivity contribution >= 4 is 5.97 Å². The number of carboxylic acid groups (broad SMARTS) is 1. The molecule has 1 aliphatic heterocycles. The molecule has 1 heterocycles. The van der Waals surface area contributed by atoms with Crippen molar-refractivity contribution in [2.45, 2.75) is 96.9 Å². The van der Waals surface area contributed by atoms with Crippen LogP contribution in [0.3, 0.4) is 0 Å². The van der Waals surface area contributed by atoms with Crippen LogP contribution in [0.25, 0.3) is 0 Å². The molecule has 1 aliphatic rings. The highest BCUT2D eigenvalue weighted by atomic mass is 16.4. The van der Waals surface area contributed by atoms with Gasteiger partial charge in [0.25, 0.3) is 0 Å². The van der Waals surface area contributed by atoms with E-state index in [1.165, 1.54) is 12.8 Å². The van der Waals surface area contributed by atoms with Crippen LogP contribution in [0.15, 0.2) is 0 Å². The van der Waals surface area contributed by atoms with Gasteiger partial charge in [-0.05, 0) is 60.3 Å². The van der Waals surface area contributed by atoms with E-state index in [9.17, 15) is 9.90 Å². The van der Waals surface area contributed by atoms with E-state index in [0.29, 0.717) is 18.5 Å². The van der Waals surface area contributed by atoms with Crippen molar-refractivity contribution in [3.05, 3.63) is 0 Å². The molecule has 1 rings (SSSR count). The zero-order valence-electron chi connectivity index (χ0n) is 13.9. The number of carboxylic acids is 1. The summed E-state index contributed by atoms with van der Waals surface area (Å²) in [5, 5.41) is 12.8. The maximum Gasteiger partial charge on any atom is 0.323 e. The lowest BCUT2D eigenvalue weighted by Gasteiger charge is -2.39. The summed E-state index contributed by atoms with van der Waals surface area (Å²) in [5.41, 5.74) is -0.853. The van der Waals surface area contributed by atoms with Crippen molar-refractivity contribution in [3.8, 4) is 0 Å². The molecule has 0 bridgehead atoms. The number of rotatable bonds is 7. The summed E-state index contributed by atoms with van der Waals surface area (Å²) in [7, 11) is 0. The number of hydrogen-bond acceptors (Lipinski definition) is 3. The van der Waals surface area contributed by atoms with E-state index in [0.717, 1.165) is 6.42 Å². The molecule has 0 radical (unpaired) electrons. The summed E-state index contributed by atoms with van der Waals surface area (Å²) in [4.78, 5) is 14.2. The quantitative estimate of drug-likeness (QED) is 0.755. The van der Waals surface area contributed by atoms with Crippen LogP contribution in [0.5, 0.6) is 0 Å². The van der Waals surface area contributed by atoms with Gasteiger partial charge in [0.05, 0.1) is 0 Å². The van der Waals surface area contributed by atoms with E-state index < -0.39 is 11.5 Å². The standard InChI is InChI=1S/C16H32N2O2/c1-7-14-9-8-12(4)18(14)13(5)10-16(6,15(19)20)17-11(2)3/h11-14,17H,7-10H2,1-6H3,(H,19,20). The number of nitrogens with zero attached hydrogens (tertiary/aromatic N) is 1. The lowest BCUT2D eigenvalue weighted by atomic mass is 9.91. The number of nitrogens with one attached hydrogen (secondary N) is 1. The van der Waals surface area contributed by atoms with Gasteiger partial charge in [0, 0.05) is 24.2 Å². The third-order valence-corrected chi connectivity index (χ3v) is 4.61. The molecule has 0 saturated carbocycles. The second-order valence-electron chi connectivity index (χ2n) is 6.93. The van der Waals surface area contributed by atoms with Gasteiger partial charge in [-0.15, -0.1) is 0 Å². The molecular weight excluding hydrogens is 252 g/mol. The Hall–Kier alpha value is -0.610. The van der Waals surface area contributed by atoms with Gasteiger partial charge in [-0.3, -0.25) is 15.0 Å². The minimum Gasteiger partial charge on any atom is -0.480 e. The maximum absolute atomic E-state index is 11.7. The Morgan fingerprint density at radius 1 is 1.40 bits per heavy atom. The second kappa shape index (κ2) is 6.90. The Morgan fingerprint density at radius 3 is 2.45 bits per heavy atom. The molecule has 20 heavy (non-hydrogen) atoms. The predicted molar refractivity (Wildman–Crippen MR) is 83.0 cm³/mol. The van der Waals surface area contributed by atoms with Crippen molar-refractivity contribution in [2.75, 3.05) is 0 Å². The number of hydrogen-bond donors (Lipinski definition) is 2. The van der Waals surface area contributed by atoms with Gasteiger partial charge in [-0.1, -0.05) is 6.92 Å². The van der Waals surface area contributed by atoms with Crippen LogP contribution in [0.2, 0.25) is 0 Å². The third-order valence-electron chi connectivity index (χ3n) is 4.61. The van der Waals surface area contributed by atoms with Gasteiger partial charge in [-0.2, -0.15) is 0 Å². The molecule has 1 fully saturated rings. The van der Waals surface area contributed by atoms with E-state index in [2.05, 4.69) is 31.0 Å². The largest absolute Gasteiger partial charge is 0.480 e. The van der Waals surface area contributed by atoms with Gasteiger partial charge < -0.3 is 5.11 Å². The molecule has 1 saturated heterocycles. The number of carbonyl (C=O) groups is 1. The molecule has 4 atom stereocenters. The second-order valence-corrected chi connectivity index (χ2v) is 6.93. The highest BCUT2D eigenvalue weighted by Gasteiger charge is 2.40. The van der Waals surface area contributed by atoms with E-state index in [-0.39, 0.29) is 12.1 Å². The van der Waals surface area contributed by atoms with Crippen molar-refractivity contribution in [3.63, 3.8) is 0 Å². The Balaban J connectivity index is 2.80. The molecule has 0 aromatic carbocycles. The monoisotopic (exact) mass is 284 g/mol. The molecule has 2 N–H and O–H groups in total. The summed E-state index contributed by atoms with van der Waals surface area (Å²) in [6.45, 7) is 12.5. The SMILES string of the molecule is CCC1CCC(C)N1C(C)CC(C)(NC(C)C)C(=O)O. The van der Waals surface area contributed by atoms with E-state index in [1.54, 1.807) is 0 Å². The smallest absolute Gasteiger partial charge is 0.323 e. The van der Waals surface area contributed by atoms with E-state index in [4.69, 9.17) is 0 Å². The first-order chi connectivity index (χ1) is 9.21. The Morgan fingerprint density at radius 2 is 2.00 bits per heavy atom. The lowest BCUT2D eigenvalue weighted by Crippen LogP contribution is -2.56. The van der Waals surface area contributed by atoms with E-state index >= 15 is 0 Å². The first-order valence-electron chi connectivity index (χ1n) is 7.99. The summed E-state index contributed by atoms with van der Waals surface area (Å²) in [6.07, 6.45) is 4.26. The van der Waals surface area contributed by atoms with Crippen molar-refractivity contribution in [2.24, 2.45) is 0 Å². The average Bonchev–Trinajstić information content (AvgIpc) is 2.68. The van der Waals surface area contributed by atoms with Gasteiger partial charge >= 0.3 is 5.97 Å². The van der Waals surface area contributed by atoms with Gasteiger partial charge in [0.15, 0.2) is 0 Å². The average molecular weight is 284 g/mol. The third kappa shape index (κ3) is 3.95. The van der Waals surface area contributed by atoms with Crippen molar-refractivity contribution in [1.82, 2.24) is 10.2 Å². The van der Waals surface area contributed by atoms with Crippen LogP contribution >= 0.6 is 0 Å². The summed E-state index contributed by atoms with van der Waals surface area (Å²) >= 11 is 0. The van der Waals surface area contributed by atoms with Crippen molar-refractivity contribution < 1.29 is 9.90 Å². The Labute approximate surface area is 123 Å². The first-order valence-corrected chi connectivity index (χ1v) is 7.99. The maximum atomic E-state index is 11.7. The fourth-order valence-electron chi connectivity index (χ4n) is 3.84. The van der Waals surface area contributed by atoms with Crippen molar-refractivity contribution in [1.29, 1.82) is 0 Å². The molecule has 0 amide bonds. The van der Waals surface area contributed by atoms with Crippen LogP contribution in [0.1, 0.15) is 67.2 Å². The molecule has 4 nitrogen and oxygen atoms in total. The topological polar surface area (TPSA) is 52.6 Å². The molecule has 4 unspecified atom stereocenters. The zero-order valence-corrected chi connectivity index (χ0v) is 13.9. The first kappa shape index (κ1) is 17.4. The fourth-order valence-corrected chi connectivity index (χ4v) is 3.84. The van der Waals surface area contributed by atoms with Gasteiger partial charge in [-0.25, -0.2) is 0 Å². The minimum atomic E-state index is -0.853. The molecule has 0 spiro atoms. The molecule has 4 heteroatoms. The highest BCUT2D eigenvalue weighted by Crippen LogP contribution is 2.31. The highest BCUT2D eigenvalue weighted by molar-refractivity contribution is 5.78. The molecular formula is C16H32N2O2. The molecule has 0 aliphatic carbocycles. The summed E-state index contributed by atoms with van der Waals surface area (Å²) in [5.74, 6) is -0.752. The van der Waals surface area contributed by atoms with Crippen LogP contribution in [-0.4, -0.2) is 45.7 Å². The van der Waals surface area contributed by atoms with Gasteiger partial charge in [0.1, 0.15) is 5.54 Å². The van der Waals surface area contributed by atoms with Crippen LogP contribution < -0.4 is 5.32 Å². The Kier molecular flexibility index (Phi) is 6.02. The van der Waals surface area contributed by atoms with Crippen LogP contribution in [0, 0.1) is 0 Å². The summed E-state index contributed by atoms with van der Waals surface area (Å²) in [6, 6.07) is 1.62. The number of aliphatic carboxylic acids is 1. The number of likely N-dealkylation sites (tertiary alicyclic amines) is 1. The fraction of sp³-hybridized carbons (Fsp3) is 0.938. The molecule has 118 valence electrons. The minimum absolute atomic E-state index is 0.168. The normalized spacial score (nSPS) is 28.6. The zero-order chi connectivity index (χ0) is 15.5. The van der Waals surface area contributed by atoms with E-state index in [1.807, 2.05) is 20.8 Å².